The van der Waals surface area contributed by atoms with Crippen molar-refractivity contribution in [3.8, 4) is 0 Å². The first-order valence-electron chi connectivity index (χ1n) is 8.40. The van der Waals surface area contributed by atoms with E-state index < -0.39 is 10.0 Å². The molecule has 0 saturated carbocycles. The lowest BCUT2D eigenvalue weighted by atomic mass is 10.1. The van der Waals surface area contributed by atoms with Gasteiger partial charge in [0.2, 0.25) is 10.0 Å². The Labute approximate surface area is 138 Å². The SMILES string of the molecule is Cc1ccc(S(=O)(=O)N2CCCC2)cc1C(=O)N1CCCCC1. The molecule has 1 aromatic rings. The topological polar surface area (TPSA) is 57.7 Å². The van der Waals surface area contributed by atoms with Gasteiger partial charge in [-0.2, -0.15) is 4.31 Å². The van der Waals surface area contributed by atoms with Crippen LogP contribution in [0.25, 0.3) is 0 Å². The second kappa shape index (κ2) is 6.61. The van der Waals surface area contributed by atoms with Gasteiger partial charge in [-0.3, -0.25) is 4.79 Å². The second-order valence-electron chi connectivity index (χ2n) is 6.44. The summed E-state index contributed by atoms with van der Waals surface area (Å²) in [6.07, 6.45) is 5.02. The minimum atomic E-state index is -3.48. The number of rotatable bonds is 3. The van der Waals surface area contributed by atoms with Crippen LogP contribution in [0.1, 0.15) is 48.0 Å². The molecule has 0 bridgehead atoms. The Morgan fingerprint density at radius 2 is 1.57 bits per heavy atom. The molecule has 1 amide bonds. The Hall–Kier alpha value is -1.40. The molecule has 0 aliphatic carbocycles. The van der Waals surface area contributed by atoms with Gasteiger partial charge in [0.05, 0.1) is 4.90 Å². The van der Waals surface area contributed by atoms with E-state index in [1.807, 2.05) is 11.8 Å². The van der Waals surface area contributed by atoms with Gasteiger partial charge in [-0.1, -0.05) is 6.07 Å². The summed E-state index contributed by atoms with van der Waals surface area (Å²) in [5.74, 6) is -0.0410. The molecule has 0 unspecified atom stereocenters. The van der Waals surface area contributed by atoms with Crippen LogP contribution in [0.2, 0.25) is 0 Å². The van der Waals surface area contributed by atoms with E-state index in [2.05, 4.69) is 0 Å². The van der Waals surface area contributed by atoms with E-state index in [1.165, 1.54) is 4.31 Å². The fourth-order valence-corrected chi connectivity index (χ4v) is 4.88. The van der Waals surface area contributed by atoms with Crippen molar-refractivity contribution in [1.82, 2.24) is 9.21 Å². The van der Waals surface area contributed by atoms with Crippen molar-refractivity contribution in [1.29, 1.82) is 0 Å². The molecule has 2 heterocycles. The molecule has 2 saturated heterocycles. The number of carbonyl (C=O) groups is 1. The van der Waals surface area contributed by atoms with Crippen LogP contribution in [0.4, 0.5) is 0 Å². The molecule has 0 N–H and O–H groups in total. The van der Waals surface area contributed by atoms with Gasteiger partial charge in [0.1, 0.15) is 0 Å². The average Bonchev–Trinajstić information content (AvgIpc) is 3.10. The zero-order chi connectivity index (χ0) is 16.4. The zero-order valence-corrected chi connectivity index (χ0v) is 14.4. The van der Waals surface area contributed by atoms with Gasteiger partial charge in [0.15, 0.2) is 0 Å². The highest BCUT2D eigenvalue weighted by Crippen LogP contribution is 2.24. The Morgan fingerprint density at radius 3 is 2.22 bits per heavy atom. The molecule has 2 aliphatic heterocycles. The van der Waals surface area contributed by atoms with Gasteiger partial charge in [-0.25, -0.2) is 8.42 Å². The van der Waals surface area contributed by atoms with Crippen molar-refractivity contribution in [2.45, 2.75) is 43.9 Å². The van der Waals surface area contributed by atoms with Crippen LogP contribution < -0.4 is 0 Å². The Bertz CT molecular complexity index is 688. The first-order chi connectivity index (χ1) is 11.0. The maximum Gasteiger partial charge on any atom is 0.254 e. The van der Waals surface area contributed by atoms with Crippen molar-refractivity contribution in [2.24, 2.45) is 0 Å². The van der Waals surface area contributed by atoms with Crippen LogP contribution in [0.3, 0.4) is 0 Å². The van der Waals surface area contributed by atoms with Crippen molar-refractivity contribution in [3.63, 3.8) is 0 Å². The molecule has 0 atom stereocenters. The standard InChI is InChI=1S/C17H24N2O3S/c1-14-7-8-15(23(21,22)19-11-5-6-12-19)13-16(14)17(20)18-9-3-2-4-10-18/h7-8,13H,2-6,9-12H2,1H3. The molecule has 0 spiro atoms. The van der Waals surface area contributed by atoms with Crippen molar-refractivity contribution in [3.05, 3.63) is 29.3 Å². The quantitative estimate of drug-likeness (QED) is 0.852. The Kier molecular flexibility index (Phi) is 4.73. The predicted molar refractivity (Wildman–Crippen MR) is 88.9 cm³/mol. The molecule has 5 nitrogen and oxygen atoms in total. The van der Waals surface area contributed by atoms with E-state index >= 15 is 0 Å². The first-order valence-corrected chi connectivity index (χ1v) is 9.84. The van der Waals surface area contributed by atoms with Crippen molar-refractivity contribution in [2.75, 3.05) is 26.2 Å². The van der Waals surface area contributed by atoms with E-state index in [1.54, 1.807) is 18.2 Å². The monoisotopic (exact) mass is 336 g/mol. The predicted octanol–water partition coefficient (Wildman–Crippen LogP) is 2.41. The average molecular weight is 336 g/mol. The summed E-state index contributed by atoms with van der Waals surface area (Å²) >= 11 is 0. The number of aryl methyl sites for hydroxylation is 1. The zero-order valence-electron chi connectivity index (χ0n) is 13.6. The van der Waals surface area contributed by atoms with E-state index in [-0.39, 0.29) is 10.8 Å². The van der Waals surface area contributed by atoms with Crippen LogP contribution in [0, 0.1) is 6.92 Å². The summed E-state index contributed by atoms with van der Waals surface area (Å²) in [6, 6.07) is 4.94. The summed E-state index contributed by atoms with van der Waals surface area (Å²) in [7, 11) is -3.48. The van der Waals surface area contributed by atoms with Gasteiger partial charge in [0.25, 0.3) is 5.91 Å². The Balaban J connectivity index is 1.91. The van der Waals surface area contributed by atoms with Crippen LogP contribution in [0.5, 0.6) is 0 Å². The van der Waals surface area contributed by atoms with E-state index in [9.17, 15) is 13.2 Å². The number of carbonyl (C=O) groups excluding carboxylic acids is 1. The highest BCUT2D eigenvalue weighted by Gasteiger charge is 2.29. The highest BCUT2D eigenvalue weighted by atomic mass is 32.2. The Morgan fingerprint density at radius 1 is 0.957 bits per heavy atom. The lowest BCUT2D eigenvalue weighted by Crippen LogP contribution is -2.36. The third-order valence-electron chi connectivity index (χ3n) is 4.79. The second-order valence-corrected chi connectivity index (χ2v) is 8.38. The number of hydrogen-bond donors (Lipinski definition) is 0. The van der Waals surface area contributed by atoms with Gasteiger partial charge >= 0.3 is 0 Å². The molecular weight excluding hydrogens is 312 g/mol. The van der Waals surface area contributed by atoms with Crippen molar-refractivity contribution >= 4 is 15.9 Å². The number of benzene rings is 1. The number of amides is 1. The summed E-state index contributed by atoms with van der Waals surface area (Å²) in [6.45, 7) is 4.55. The molecule has 1 aromatic carbocycles. The van der Waals surface area contributed by atoms with Gasteiger partial charge in [0, 0.05) is 31.7 Å². The summed E-state index contributed by atoms with van der Waals surface area (Å²) < 4.78 is 26.9. The van der Waals surface area contributed by atoms with Crippen LogP contribution in [0.15, 0.2) is 23.1 Å². The maximum absolute atomic E-state index is 12.7. The smallest absolute Gasteiger partial charge is 0.254 e. The number of hydrogen-bond acceptors (Lipinski definition) is 3. The minimum absolute atomic E-state index is 0.0410. The third kappa shape index (κ3) is 3.28. The molecule has 2 aliphatic rings. The molecule has 6 heteroatoms. The summed E-state index contributed by atoms with van der Waals surface area (Å²) in [4.78, 5) is 14.8. The molecule has 0 radical (unpaired) electrons. The molecular formula is C17H24N2O3S. The van der Waals surface area contributed by atoms with Gasteiger partial charge < -0.3 is 4.90 Å². The number of sulfonamides is 1. The first kappa shape index (κ1) is 16.5. The number of likely N-dealkylation sites (tertiary alicyclic amines) is 1. The van der Waals surface area contributed by atoms with Gasteiger partial charge in [-0.05, 0) is 56.7 Å². The van der Waals surface area contributed by atoms with E-state index in [4.69, 9.17) is 0 Å². The molecule has 126 valence electrons. The third-order valence-corrected chi connectivity index (χ3v) is 6.68. The fraction of sp³-hybridized carbons (Fsp3) is 0.588. The molecule has 2 fully saturated rings. The number of nitrogens with zero attached hydrogens (tertiary/aromatic N) is 2. The summed E-state index contributed by atoms with van der Waals surface area (Å²) in [5, 5.41) is 0. The lowest BCUT2D eigenvalue weighted by molar-refractivity contribution is 0.0723. The van der Waals surface area contributed by atoms with Crippen molar-refractivity contribution < 1.29 is 13.2 Å². The van der Waals surface area contributed by atoms with E-state index in [0.29, 0.717) is 18.7 Å². The lowest BCUT2D eigenvalue weighted by Gasteiger charge is -2.27. The van der Waals surface area contributed by atoms with Crippen LogP contribution in [-0.2, 0) is 10.0 Å². The normalized spacial score (nSPS) is 20.0. The fourth-order valence-electron chi connectivity index (χ4n) is 3.34. The van der Waals surface area contributed by atoms with Crippen LogP contribution >= 0.6 is 0 Å². The molecule has 23 heavy (non-hydrogen) atoms. The highest BCUT2D eigenvalue weighted by molar-refractivity contribution is 7.89. The summed E-state index contributed by atoms with van der Waals surface area (Å²) in [5.41, 5.74) is 1.35. The largest absolute Gasteiger partial charge is 0.339 e. The minimum Gasteiger partial charge on any atom is -0.339 e. The van der Waals surface area contributed by atoms with Gasteiger partial charge in [-0.15, -0.1) is 0 Å². The van der Waals surface area contributed by atoms with E-state index in [0.717, 1.165) is 50.8 Å². The molecule has 3 rings (SSSR count). The maximum atomic E-state index is 12.7. The molecule has 0 aromatic heterocycles. The number of piperidine rings is 1. The van der Waals surface area contributed by atoms with Crippen LogP contribution in [-0.4, -0.2) is 49.7 Å².